The van der Waals surface area contributed by atoms with E-state index in [1.54, 1.807) is 13.2 Å². The van der Waals surface area contributed by atoms with Crippen LogP contribution in [0.5, 0.6) is 0 Å². The highest BCUT2D eigenvalue weighted by atomic mass is 79.9. The van der Waals surface area contributed by atoms with Crippen molar-refractivity contribution in [1.82, 2.24) is 10.1 Å². The molecule has 2 aromatic rings. The van der Waals surface area contributed by atoms with Gasteiger partial charge in [-0.2, -0.15) is 4.98 Å². The van der Waals surface area contributed by atoms with Crippen molar-refractivity contribution in [2.45, 2.75) is 19.4 Å². The van der Waals surface area contributed by atoms with Crippen LogP contribution < -0.4 is 5.73 Å². The molecule has 2 rings (SSSR count). The minimum atomic E-state index is 0.0606. The SMILES string of the molecule is COC(C)Cc1noc(-c2ccc(Br)c(N)c2)n1. The van der Waals surface area contributed by atoms with Crippen LogP contribution in [0.1, 0.15) is 12.7 Å². The number of ether oxygens (including phenoxy) is 1. The number of anilines is 1. The average molecular weight is 312 g/mol. The van der Waals surface area contributed by atoms with Gasteiger partial charge in [0.1, 0.15) is 0 Å². The lowest BCUT2D eigenvalue weighted by Gasteiger charge is -2.04. The largest absolute Gasteiger partial charge is 0.398 e. The zero-order chi connectivity index (χ0) is 13.1. The Hall–Kier alpha value is -1.40. The van der Waals surface area contributed by atoms with Gasteiger partial charge in [0, 0.05) is 29.3 Å². The molecule has 0 aliphatic carbocycles. The summed E-state index contributed by atoms with van der Waals surface area (Å²) in [6.07, 6.45) is 0.678. The standard InChI is InChI=1S/C12H14BrN3O2/c1-7(17-2)5-11-15-12(18-16-11)8-3-4-9(13)10(14)6-8/h3-4,6-7H,5,14H2,1-2H3. The normalized spacial score (nSPS) is 12.6. The third-order valence-corrected chi connectivity index (χ3v) is 3.31. The lowest BCUT2D eigenvalue weighted by Crippen LogP contribution is -2.09. The lowest BCUT2D eigenvalue weighted by atomic mass is 10.2. The van der Waals surface area contributed by atoms with Gasteiger partial charge in [0.2, 0.25) is 0 Å². The van der Waals surface area contributed by atoms with Crippen LogP contribution in [-0.4, -0.2) is 23.4 Å². The summed E-state index contributed by atoms with van der Waals surface area (Å²) >= 11 is 3.34. The summed E-state index contributed by atoms with van der Waals surface area (Å²) in [5.74, 6) is 1.09. The van der Waals surface area contributed by atoms with Crippen molar-refractivity contribution in [2.24, 2.45) is 0 Å². The molecule has 6 heteroatoms. The number of nitrogens with zero attached hydrogens (tertiary/aromatic N) is 2. The van der Waals surface area contributed by atoms with Gasteiger partial charge in [-0.25, -0.2) is 0 Å². The number of methoxy groups -OCH3 is 1. The Labute approximate surface area is 113 Å². The number of nitrogens with two attached hydrogens (primary N) is 1. The molecule has 1 atom stereocenters. The number of hydrogen-bond donors (Lipinski definition) is 1. The van der Waals surface area contributed by atoms with Gasteiger partial charge in [0.25, 0.3) is 5.89 Å². The minimum Gasteiger partial charge on any atom is -0.398 e. The van der Waals surface area contributed by atoms with Gasteiger partial charge in [-0.05, 0) is 41.1 Å². The van der Waals surface area contributed by atoms with E-state index >= 15 is 0 Å². The molecule has 1 heterocycles. The van der Waals surface area contributed by atoms with Crippen molar-refractivity contribution in [2.75, 3.05) is 12.8 Å². The third kappa shape index (κ3) is 2.88. The molecule has 2 N–H and O–H groups in total. The van der Waals surface area contributed by atoms with Gasteiger partial charge in [-0.1, -0.05) is 5.16 Å². The van der Waals surface area contributed by atoms with E-state index in [2.05, 4.69) is 26.1 Å². The zero-order valence-corrected chi connectivity index (χ0v) is 11.8. The van der Waals surface area contributed by atoms with E-state index in [0.717, 1.165) is 10.0 Å². The van der Waals surface area contributed by atoms with Gasteiger partial charge in [0.05, 0.1) is 6.10 Å². The maximum Gasteiger partial charge on any atom is 0.257 e. The fraction of sp³-hybridized carbons (Fsp3) is 0.333. The van der Waals surface area contributed by atoms with Crippen molar-refractivity contribution in [1.29, 1.82) is 0 Å². The summed E-state index contributed by atoms with van der Waals surface area (Å²) in [7, 11) is 1.65. The Morgan fingerprint density at radius 3 is 2.94 bits per heavy atom. The first-order chi connectivity index (χ1) is 8.60. The van der Waals surface area contributed by atoms with Gasteiger partial charge < -0.3 is 15.0 Å². The van der Waals surface area contributed by atoms with Crippen molar-refractivity contribution in [3.8, 4) is 11.5 Å². The molecule has 0 fully saturated rings. The molecule has 18 heavy (non-hydrogen) atoms. The number of benzene rings is 1. The van der Waals surface area contributed by atoms with Crippen molar-refractivity contribution in [3.63, 3.8) is 0 Å². The van der Waals surface area contributed by atoms with Crippen molar-refractivity contribution >= 4 is 21.6 Å². The highest BCUT2D eigenvalue weighted by Gasteiger charge is 2.12. The first kappa shape index (κ1) is 13.0. The highest BCUT2D eigenvalue weighted by Crippen LogP contribution is 2.26. The molecule has 0 aliphatic heterocycles. The predicted molar refractivity (Wildman–Crippen MR) is 72.0 cm³/mol. The van der Waals surface area contributed by atoms with E-state index in [9.17, 15) is 0 Å². The van der Waals surface area contributed by atoms with Gasteiger partial charge in [-0.3, -0.25) is 0 Å². The first-order valence-corrected chi connectivity index (χ1v) is 6.30. The summed E-state index contributed by atoms with van der Waals surface area (Å²) in [6, 6.07) is 5.52. The Balaban J connectivity index is 2.21. The molecule has 0 aliphatic rings. The number of halogens is 1. The van der Waals surface area contributed by atoms with E-state index in [-0.39, 0.29) is 6.10 Å². The van der Waals surface area contributed by atoms with E-state index in [1.165, 1.54) is 0 Å². The maximum atomic E-state index is 5.81. The monoisotopic (exact) mass is 311 g/mol. The summed E-state index contributed by atoms with van der Waals surface area (Å²) in [5, 5.41) is 3.91. The molecule has 0 radical (unpaired) electrons. The summed E-state index contributed by atoms with van der Waals surface area (Å²) in [5.41, 5.74) is 7.25. The topological polar surface area (TPSA) is 74.2 Å². The molecule has 0 amide bonds. The second kappa shape index (κ2) is 5.49. The lowest BCUT2D eigenvalue weighted by molar-refractivity contribution is 0.116. The van der Waals surface area contributed by atoms with Crippen molar-refractivity contribution in [3.05, 3.63) is 28.5 Å². The first-order valence-electron chi connectivity index (χ1n) is 5.51. The molecule has 0 saturated heterocycles. The molecule has 0 bridgehead atoms. The highest BCUT2D eigenvalue weighted by molar-refractivity contribution is 9.10. The Bertz CT molecular complexity index is 542. The summed E-state index contributed by atoms with van der Waals surface area (Å²) < 4.78 is 11.2. The van der Waals surface area contributed by atoms with Gasteiger partial charge in [-0.15, -0.1) is 0 Å². The molecule has 1 unspecified atom stereocenters. The number of hydrogen-bond acceptors (Lipinski definition) is 5. The van der Waals surface area contributed by atoms with Crippen LogP contribution in [0.15, 0.2) is 27.2 Å². The molecule has 96 valence electrons. The van der Waals surface area contributed by atoms with Crippen LogP contribution >= 0.6 is 15.9 Å². The van der Waals surface area contributed by atoms with Crippen LogP contribution in [-0.2, 0) is 11.2 Å². The molecule has 0 spiro atoms. The Kier molecular flexibility index (Phi) is 3.98. The number of rotatable bonds is 4. The van der Waals surface area contributed by atoms with E-state index in [4.69, 9.17) is 15.0 Å². The average Bonchev–Trinajstić information content (AvgIpc) is 2.81. The van der Waals surface area contributed by atoms with Gasteiger partial charge >= 0.3 is 0 Å². The molecular formula is C12H14BrN3O2. The quantitative estimate of drug-likeness (QED) is 0.879. The van der Waals surface area contributed by atoms with Crippen LogP contribution in [0.4, 0.5) is 5.69 Å². The predicted octanol–water partition coefficient (Wildman–Crippen LogP) is 2.66. The molecule has 1 aromatic heterocycles. The molecular weight excluding hydrogens is 298 g/mol. The fourth-order valence-corrected chi connectivity index (χ4v) is 1.72. The van der Waals surface area contributed by atoms with Crippen molar-refractivity contribution < 1.29 is 9.26 Å². The van der Waals surface area contributed by atoms with E-state index in [0.29, 0.717) is 23.8 Å². The molecule has 5 nitrogen and oxygen atoms in total. The number of nitrogen functional groups attached to an aromatic ring is 1. The zero-order valence-electron chi connectivity index (χ0n) is 10.2. The van der Waals surface area contributed by atoms with E-state index in [1.807, 2.05) is 19.1 Å². The van der Waals surface area contributed by atoms with Crippen LogP contribution in [0.25, 0.3) is 11.5 Å². The minimum absolute atomic E-state index is 0.0606. The third-order valence-electron chi connectivity index (χ3n) is 2.58. The van der Waals surface area contributed by atoms with Crippen LogP contribution in [0, 0.1) is 0 Å². The van der Waals surface area contributed by atoms with Crippen LogP contribution in [0.2, 0.25) is 0 Å². The molecule has 0 saturated carbocycles. The van der Waals surface area contributed by atoms with E-state index < -0.39 is 0 Å². The Morgan fingerprint density at radius 1 is 1.50 bits per heavy atom. The van der Waals surface area contributed by atoms with Gasteiger partial charge in [0.15, 0.2) is 5.82 Å². The smallest absolute Gasteiger partial charge is 0.257 e. The maximum absolute atomic E-state index is 5.81. The second-order valence-corrected chi connectivity index (χ2v) is 4.86. The fourth-order valence-electron chi connectivity index (χ4n) is 1.47. The number of aromatic nitrogens is 2. The Morgan fingerprint density at radius 2 is 2.28 bits per heavy atom. The molecule has 1 aromatic carbocycles. The van der Waals surface area contributed by atoms with Crippen LogP contribution in [0.3, 0.4) is 0 Å². The summed E-state index contributed by atoms with van der Waals surface area (Å²) in [4.78, 5) is 4.31. The second-order valence-electron chi connectivity index (χ2n) is 4.00. The summed E-state index contributed by atoms with van der Waals surface area (Å²) in [6.45, 7) is 1.95.